The summed E-state index contributed by atoms with van der Waals surface area (Å²) >= 11 is 0. The highest BCUT2D eigenvalue weighted by atomic mass is 14.6. The van der Waals surface area contributed by atoms with E-state index in [1.54, 1.807) is 0 Å². The van der Waals surface area contributed by atoms with Crippen LogP contribution in [0, 0.1) is 5.41 Å². The van der Waals surface area contributed by atoms with E-state index in [0.29, 0.717) is 5.41 Å². The topological polar surface area (TPSA) is 0 Å². The third-order valence-corrected chi connectivity index (χ3v) is 3.97. The maximum absolute atomic E-state index is 3.92. The zero-order valence-electron chi connectivity index (χ0n) is 10.3. The molecule has 1 fully saturated rings. The zero-order chi connectivity index (χ0) is 11.4. The van der Waals surface area contributed by atoms with Crippen molar-refractivity contribution >= 4 is 0 Å². The Hall–Kier alpha value is -1.04. The Morgan fingerprint density at radius 1 is 1.38 bits per heavy atom. The number of allylic oxidation sites excluding steroid dienone is 1. The first kappa shape index (κ1) is 11.4. The molecule has 0 saturated heterocycles. The van der Waals surface area contributed by atoms with E-state index < -0.39 is 0 Å². The zero-order valence-corrected chi connectivity index (χ0v) is 10.3. The lowest BCUT2D eigenvalue weighted by Gasteiger charge is -2.15. The number of rotatable bonds is 6. The van der Waals surface area contributed by atoms with Crippen molar-refractivity contribution in [1.29, 1.82) is 0 Å². The Bertz CT molecular complexity index is 338. The second kappa shape index (κ2) is 4.86. The third-order valence-electron chi connectivity index (χ3n) is 3.97. The highest BCUT2D eigenvalue weighted by Gasteiger charge is 2.52. The van der Waals surface area contributed by atoms with Gasteiger partial charge in [-0.25, -0.2) is 0 Å². The van der Waals surface area contributed by atoms with Gasteiger partial charge in [-0.05, 0) is 36.2 Å². The molecule has 0 bridgehead atoms. The van der Waals surface area contributed by atoms with Gasteiger partial charge in [0.15, 0.2) is 0 Å². The molecule has 0 radical (unpaired) electrons. The summed E-state index contributed by atoms with van der Waals surface area (Å²) < 4.78 is 0. The van der Waals surface area contributed by atoms with Gasteiger partial charge in [-0.1, -0.05) is 56.2 Å². The molecule has 2 atom stereocenters. The molecule has 0 heterocycles. The fraction of sp³-hybridized carbons (Fsp3) is 0.500. The minimum Gasteiger partial charge on any atom is -0.103 e. The molecule has 1 aliphatic carbocycles. The van der Waals surface area contributed by atoms with E-state index in [1.165, 1.54) is 37.7 Å². The van der Waals surface area contributed by atoms with E-state index in [4.69, 9.17) is 0 Å². The van der Waals surface area contributed by atoms with E-state index in [1.807, 2.05) is 0 Å². The molecular weight excluding hydrogens is 192 g/mol. The first-order chi connectivity index (χ1) is 7.82. The Morgan fingerprint density at radius 3 is 2.75 bits per heavy atom. The molecule has 1 aliphatic rings. The van der Waals surface area contributed by atoms with Crippen LogP contribution in [0.25, 0.3) is 0 Å². The minimum absolute atomic E-state index is 0.555. The fourth-order valence-electron chi connectivity index (χ4n) is 2.92. The van der Waals surface area contributed by atoms with E-state index in [2.05, 4.69) is 49.9 Å². The largest absolute Gasteiger partial charge is 0.103 e. The predicted octanol–water partition coefficient (Wildman–Crippen LogP) is 4.93. The highest BCUT2D eigenvalue weighted by Crippen LogP contribution is 2.64. The van der Waals surface area contributed by atoms with Crippen LogP contribution in [0.3, 0.4) is 0 Å². The number of hydrogen-bond donors (Lipinski definition) is 0. The second-order valence-corrected chi connectivity index (χ2v) is 5.13. The Balaban J connectivity index is 2.06. The molecule has 2 rings (SSSR count). The van der Waals surface area contributed by atoms with Crippen molar-refractivity contribution in [3.63, 3.8) is 0 Å². The molecule has 1 aromatic rings. The third kappa shape index (κ3) is 2.21. The Morgan fingerprint density at radius 2 is 2.12 bits per heavy atom. The molecule has 0 N–H and O–H groups in total. The summed E-state index contributed by atoms with van der Waals surface area (Å²) in [6.07, 6.45) is 8.70. The van der Waals surface area contributed by atoms with Gasteiger partial charge in [0.2, 0.25) is 0 Å². The summed E-state index contributed by atoms with van der Waals surface area (Å²) in [4.78, 5) is 0. The molecule has 0 spiro atoms. The number of benzene rings is 1. The van der Waals surface area contributed by atoms with Crippen molar-refractivity contribution in [3.05, 3.63) is 48.6 Å². The summed E-state index contributed by atoms with van der Waals surface area (Å²) in [6, 6.07) is 11.0. The molecule has 1 saturated carbocycles. The van der Waals surface area contributed by atoms with Crippen LogP contribution in [0.4, 0.5) is 0 Å². The van der Waals surface area contributed by atoms with Gasteiger partial charge in [-0.15, -0.1) is 6.58 Å². The highest BCUT2D eigenvalue weighted by molar-refractivity contribution is 5.30. The lowest BCUT2D eigenvalue weighted by atomic mass is 9.90. The summed E-state index contributed by atoms with van der Waals surface area (Å²) in [5.74, 6) is 0.790. The summed E-state index contributed by atoms with van der Waals surface area (Å²) in [5.41, 5.74) is 2.08. The van der Waals surface area contributed by atoms with E-state index in [9.17, 15) is 0 Å². The maximum atomic E-state index is 3.92. The standard InChI is InChI=1S/C16H22/c1-3-5-12-16(11-4-2)13-15(16)14-9-7-6-8-10-14/h4,6-10,15H,2-3,5,11-13H2,1H3/t15-,16+/m0/s1. The molecule has 16 heavy (non-hydrogen) atoms. The second-order valence-electron chi connectivity index (χ2n) is 5.13. The van der Waals surface area contributed by atoms with Gasteiger partial charge in [0, 0.05) is 0 Å². The normalized spacial score (nSPS) is 27.7. The SMILES string of the molecule is C=CC[C@@]1(CCCC)C[C@H]1c1ccccc1. The van der Waals surface area contributed by atoms with Gasteiger partial charge in [-0.3, -0.25) is 0 Å². The van der Waals surface area contributed by atoms with Crippen molar-refractivity contribution in [2.45, 2.75) is 44.9 Å². The fourth-order valence-corrected chi connectivity index (χ4v) is 2.92. The van der Waals surface area contributed by atoms with Crippen LogP contribution in [-0.4, -0.2) is 0 Å². The average Bonchev–Trinajstić information content (AvgIpc) is 3.03. The van der Waals surface area contributed by atoms with Gasteiger partial charge < -0.3 is 0 Å². The van der Waals surface area contributed by atoms with E-state index in [-0.39, 0.29) is 0 Å². The van der Waals surface area contributed by atoms with Gasteiger partial charge in [-0.2, -0.15) is 0 Å². The van der Waals surface area contributed by atoms with Crippen LogP contribution in [0.1, 0.15) is 50.5 Å². The molecule has 0 unspecified atom stereocenters. The summed E-state index contributed by atoms with van der Waals surface area (Å²) in [7, 11) is 0. The lowest BCUT2D eigenvalue weighted by molar-refractivity contribution is 0.435. The van der Waals surface area contributed by atoms with E-state index >= 15 is 0 Å². The molecule has 0 heteroatoms. The van der Waals surface area contributed by atoms with Crippen LogP contribution in [0.2, 0.25) is 0 Å². The van der Waals surface area contributed by atoms with Crippen molar-refractivity contribution < 1.29 is 0 Å². The van der Waals surface area contributed by atoms with Crippen LogP contribution in [0.15, 0.2) is 43.0 Å². The average molecular weight is 214 g/mol. The van der Waals surface area contributed by atoms with Crippen LogP contribution in [0.5, 0.6) is 0 Å². The smallest absolute Gasteiger partial charge is 0.00965 e. The summed E-state index contributed by atoms with van der Waals surface area (Å²) in [5, 5.41) is 0. The molecule has 86 valence electrons. The summed E-state index contributed by atoms with van der Waals surface area (Å²) in [6.45, 7) is 6.20. The quantitative estimate of drug-likeness (QED) is 0.589. The van der Waals surface area contributed by atoms with Crippen LogP contribution in [-0.2, 0) is 0 Å². The van der Waals surface area contributed by atoms with Crippen molar-refractivity contribution in [3.8, 4) is 0 Å². The first-order valence-corrected chi connectivity index (χ1v) is 6.48. The van der Waals surface area contributed by atoms with Gasteiger partial charge in [0.25, 0.3) is 0 Å². The van der Waals surface area contributed by atoms with E-state index in [0.717, 1.165) is 5.92 Å². The molecule has 0 aromatic heterocycles. The molecule has 0 amide bonds. The minimum atomic E-state index is 0.555. The predicted molar refractivity (Wildman–Crippen MR) is 70.6 cm³/mol. The van der Waals surface area contributed by atoms with Gasteiger partial charge in [0.1, 0.15) is 0 Å². The monoisotopic (exact) mass is 214 g/mol. The maximum Gasteiger partial charge on any atom is -0.00965 e. The molecule has 1 aromatic carbocycles. The van der Waals surface area contributed by atoms with Gasteiger partial charge in [0.05, 0.1) is 0 Å². The van der Waals surface area contributed by atoms with Crippen molar-refractivity contribution in [1.82, 2.24) is 0 Å². The van der Waals surface area contributed by atoms with Crippen molar-refractivity contribution in [2.24, 2.45) is 5.41 Å². The van der Waals surface area contributed by atoms with Crippen LogP contribution < -0.4 is 0 Å². The first-order valence-electron chi connectivity index (χ1n) is 6.48. The lowest BCUT2D eigenvalue weighted by Crippen LogP contribution is -2.02. The van der Waals surface area contributed by atoms with Crippen LogP contribution >= 0.6 is 0 Å². The molecule has 0 aliphatic heterocycles. The Kier molecular flexibility index (Phi) is 3.48. The van der Waals surface area contributed by atoms with Gasteiger partial charge >= 0.3 is 0 Å². The Labute approximate surface area is 99.4 Å². The molecular formula is C16H22. The molecule has 0 nitrogen and oxygen atoms in total. The number of hydrogen-bond acceptors (Lipinski definition) is 0. The van der Waals surface area contributed by atoms with Crippen molar-refractivity contribution in [2.75, 3.05) is 0 Å². The number of unbranched alkanes of at least 4 members (excludes halogenated alkanes) is 1.